The quantitative estimate of drug-likeness (QED) is 0.818. The molecule has 0 N–H and O–H groups in total. The topological polar surface area (TPSA) is 36.7 Å². The average molecular weight is 250 g/mol. The van der Waals surface area contributed by atoms with Crippen LogP contribution in [0.25, 0.3) is 0 Å². The molecule has 1 heterocycles. The molecule has 2 aromatic rings. The van der Waals surface area contributed by atoms with Crippen molar-refractivity contribution in [3.8, 4) is 6.07 Å². The van der Waals surface area contributed by atoms with E-state index in [0.29, 0.717) is 5.92 Å². The van der Waals surface area contributed by atoms with E-state index in [9.17, 15) is 5.26 Å². The number of nitrogens with zero attached hydrogens (tertiary/aromatic N) is 2. The lowest BCUT2D eigenvalue weighted by atomic mass is 9.76. The molecule has 0 unspecified atom stereocenters. The fraction of sp³-hybridized carbons (Fsp3) is 0.294. The molecule has 2 nitrogen and oxygen atoms in total. The third-order valence-electron chi connectivity index (χ3n) is 3.44. The number of pyridine rings is 1. The minimum Gasteiger partial charge on any atom is -0.264 e. The first-order chi connectivity index (χ1) is 9.24. The van der Waals surface area contributed by atoms with Gasteiger partial charge in [-0.15, -0.1) is 0 Å². The Balaban J connectivity index is 2.41. The monoisotopic (exact) mass is 250 g/mol. The van der Waals surface area contributed by atoms with E-state index in [1.807, 2.05) is 30.3 Å². The Labute approximate surface area is 114 Å². The second-order valence-corrected chi connectivity index (χ2v) is 5.07. The highest BCUT2D eigenvalue weighted by molar-refractivity contribution is 5.32. The summed E-state index contributed by atoms with van der Waals surface area (Å²) in [6.07, 6.45) is 3.54. The summed E-state index contributed by atoms with van der Waals surface area (Å²) >= 11 is 0. The molecule has 2 atom stereocenters. The average Bonchev–Trinajstić information content (AvgIpc) is 2.46. The fourth-order valence-corrected chi connectivity index (χ4v) is 2.56. The minimum atomic E-state index is -0.156. The summed E-state index contributed by atoms with van der Waals surface area (Å²) in [5.74, 6) is 0.429. The zero-order valence-corrected chi connectivity index (χ0v) is 11.3. The number of hydrogen-bond donors (Lipinski definition) is 0. The van der Waals surface area contributed by atoms with E-state index in [0.717, 1.165) is 5.56 Å². The van der Waals surface area contributed by atoms with Crippen molar-refractivity contribution in [2.75, 3.05) is 0 Å². The summed E-state index contributed by atoms with van der Waals surface area (Å²) in [6, 6.07) is 16.6. The molecule has 0 fully saturated rings. The fourth-order valence-electron chi connectivity index (χ4n) is 2.56. The summed E-state index contributed by atoms with van der Waals surface area (Å²) in [5, 5.41) is 9.58. The van der Waals surface area contributed by atoms with Crippen LogP contribution < -0.4 is 0 Å². The molecular formula is C17H18N2. The van der Waals surface area contributed by atoms with Gasteiger partial charge in [-0.05, 0) is 23.1 Å². The summed E-state index contributed by atoms with van der Waals surface area (Å²) in [4.78, 5) is 4.14. The van der Waals surface area contributed by atoms with Gasteiger partial charge in [-0.2, -0.15) is 5.26 Å². The van der Waals surface area contributed by atoms with E-state index in [1.54, 1.807) is 12.4 Å². The maximum absolute atomic E-state index is 9.58. The van der Waals surface area contributed by atoms with Crippen molar-refractivity contribution in [3.05, 3.63) is 66.0 Å². The van der Waals surface area contributed by atoms with Crippen molar-refractivity contribution in [2.24, 2.45) is 5.92 Å². The lowest BCUT2D eigenvalue weighted by molar-refractivity contribution is 0.465. The molecule has 0 aliphatic heterocycles. The van der Waals surface area contributed by atoms with Crippen LogP contribution in [-0.4, -0.2) is 4.98 Å². The molecule has 0 aliphatic carbocycles. The van der Waals surface area contributed by atoms with E-state index >= 15 is 0 Å². The Bertz CT molecular complexity index is 540. The first-order valence-electron chi connectivity index (χ1n) is 6.58. The van der Waals surface area contributed by atoms with E-state index in [4.69, 9.17) is 0 Å². The lowest BCUT2D eigenvalue weighted by Gasteiger charge is -2.26. The first kappa shape index (κ1) is 13.3. The Morgan fingerprint density at radius 2 is 1.68 bits per heavy atom. The Morgan fingerprint density at radius 3 is 2.21 bits per heavy atom. The molecule has 2 rings (SSSR count). The van der Waals surface area contributed by atoms with Crippen LogP contribution in [0.1, 0.15) is 36.8 Å². The van der Waals surface area contributed by atoms with E-state index < -0.39 is 0 Å². The predicted molar refractivity (Wildman–Crippen MR) is 76.6 cm³/mol. The summed E-state index contributed by atoms with van der Waals surface area (Å²) in [6.45, 7) is 4.33. The van der Waals surface area contributed by atoms with E-state index in [-0.39, 0.29) is 11.8 Å². The number of nitriles is 1. The molecule has 0 spiro atoms. The van der Waals surface area contributed by atoms with Crippen LogP contribution in [0.3, 0.4) is 0 Å². The van der Waals surface area contributed by atoms with Gasteiger partial charge in [0, 0.05) is 18.3 Å². The van der Waals surface area contributed by atoms with Crippen molar-refractivity contribution in [1.82, 2.24) is 4.98 Å². The highest BCUT2D eigenvalue weighted by Crippen LogP contribution is 2.37. The number of aromatic nitrogens is 1. The standard InChI is InChI=1S/C17H18N2/c1-13(2)17(14-7-4-3-5-8-14)16(11-18)15-9-6-10-19-12-15/h3-10,12-13,16-17H,1-2H3/t16-,17+/m1/s1. The number of benzene rings is 1. The van der Waals surface area contributed by atoms with Crippen LogP contribution in [0, 0.1) is 17.2 Å². The van der Waals surface area contributed by atoms with Gasteiger partial charge >= 0.3 is 0 Å². The Kier molecular flexibility index (Phi) is 4.30. The zero-order valence-electron chi connectivity index (χ0n) is 11.3. The van der Waals surface area contributed by atoms with Crippen molar-refractivity contribution in [1.29, 1.82) is 5.26 Å². The predicted octanol–water partition coefficient (Wildman–Crippen LogP) is 4.13. The van der Waals surface area contributed by atoms with Crippen LogP contribution in [0.2, 0.25) is 0 Å². The summed E-state index contributed by atoms with van der Waals surface area (Å²) < 4.78 is 0. The Hall–Kier alpha value is -2.14. The zero-order chi connectivity index (χ0) is 13.7. The van der Waals surface area contributed by atoms with Gasteiger partial charge in [0.15, 0.2) is 0 Å². The Morgan fingerprint density at radius 1 is 1.00 bits per heavy atom. The molecule has 1 aromatic carbocycles. The van der Waals surface area contributed by atoms with Gasteiger partial charge in [0.05, 0.1) is 12.0 Å². The molecule has 0 saturated carbocycles. The molecule has 0 radical (unpaired) electrons. The highest BCUT2D eigenvalue weighted by Gasteiger charge is 2.27. The third kappa shape index (κ3) is 3.00. The van der Waals surface area contributed by atoms with Gasteiger partial charge in [0.1, 0.15) is 0 Å². The molecule has 0 aliphatic rings. The van der Waals surface area contributed by atoms with Crippen LogP contribution in [0.5, 0.6) is 0 Å². The van der Waals surface area contributed by atoms with Crippen molar-refractivity contribution in [3.63, 3.8) is 0 Å². The van der Waals surface area contributed by atoms with Gasteiger partial charge in [0.2, 0.25) is 0 Å². The SMILES string of the molecule is CC(C)[C@@H](c1ccccc1)[C@H](C#N)c1cccnc1. The molecular weight excluding hydrogens is 232 g/mol. The molecule has 96 valence electrons. The second-order valence-electron chi connectivity index (χ2n) is 5.07. The largest absolute Gasteiger partial charge is 0.264 e. The van der Waals surface area contributed by atoms with Crippen LogP contribution in [-0.2, 0) is 0 Å². The van der Waals surface area contributed by atoms with Crippen LogP contribution in [0.15, 0.2) is 54.9 Å². The van der Waals surface area contributed by atoms with Gasteiger partial charge in [-0.25, -0.2) is 0 Å². The summed E-state index contributed by atoms with van der Waals surface area (Å²) in [5.41, 5.74) is 2.21. The minimum absolute atomic E-state index is 0.156. The maximum atomic E-state index is 9.58. The van der Waals surface area contributed by atoms with Gasteiger partial charge in [0.25, 0.3) is 0 Å². The van der Waals surface area contributed by atoms with E-state index in [1.165, 1.54) is 5.56 Å². The lowest BCUT2D eigenvalue weighted by Crippen LogP contribution is -2.16. The smallest absolute Gasteiger partial charge is 0.0798 e. The molecule has 2 heteroatoms. The van der Waals surface area contributed by atoms with Crippen LogP contribution >= 0.6 is 0 Å². The molecule has 0 saturated heterocycles. The highest BCUT2D eigenvalue weighted by atomic mass is 14.6. The van der Waals surface area contributed by atoms with Gasteiger partial charge < -0.3 is 0 Å². The molecule has 19 heavy (non-hydrogen) atoms. The van der Waals surface area contributed by atoms with Gasteiger partial charge in [-0.3, -0.25) is 4.98 Å². The molecule has 0 bridgehead atoms. The maximum Gasteiger partial charge on any atom is 0.0798 e. The number of rotatable bonds is 4. The normalized spacial score (nSPS) is 13.8. The van der Waals surface area contributed by atoms with E-state index in [2.05, 4.69) is 37.0 Å². The van der Waals surface area contributed by atoms with Gasteiger partial charge in [-0.1, -0.05) is 50.2 Å². The van der Waals surface area contributed by atoms with Crippen molar-refractivity contribution < 1.29 is 0 Å². The summed E-state index contributed by atoms with van der Waals surface area (Å²) in [7, 11) is 0. The second kappa shape index (κ2) is 6.15. The first-order valence-corrected chi connectivity index (χ1v) is 6.58. The molecule has 1 aromatic heterocycles. The number of hydrogen-bond acceptors (Lipinski definition) is 2. The molecule has 0 amide bonds. The van der Waals surface area contributed by atoms with Crippen LogP contribution in [0.4, 0.5) is 0 Å². The van der Waals surface area contributed by atoms with Crippen molar-refractivity contribution in [2.45, 2.75) is 25.7 Å². The van der Waals surface area contributed by atoms with Crippen molar-refractivity contribution >= 4 is 0 Å². The third-order valence-corrected chi connectivity index (χ3v) is 3.44.